The average Bonchev–Trinajstić information content (AvgIpc) is 3.04. The summed E-state index contributed by atoms with van der Waals surface area (Å²) < 4.78 is 0. The number of likely N-dealkylation sites (N-methyl/N-ethyl adjacent to an activating group) is 1. The SMILES string of the molecule is CCN(C1=C(c2ccc(C)c(C)c2)C(=O)N(c2ccc(C)c(C)c2)C1=O)c1ccccc1. The van der Waals surface area contributed by atoms with Crippen molar-refractivity contribution in [3.63, 3.8) is 0 Å². The van der Waals surface area contributed by atoms with Crippen LogP contribution in [0.4, 0.5) is 11.4 Å². The summed E-state index contributed by atoms with van der Waals surface area (Å²) >= 11 is 0. The van der Waals surface area contributed by atoms with Crippen molar-refractivity contribution in [2.24, 2.45) is 0 Å². The number of hydrogen-bond donors (Lipinski definition) is 0. The molecule has 0 atom stereocenters. The van der Waals surface area contributed by atoms with Gasteiger partial charge in [0.2, 0.25) is 0 Å². The van der Waals surface area contributed by atoms with Crippen molar-refractivity contribution in [2.75, 3.05) is 16.3 Å². The Kier molecular flexibility index (Phi) is 5.70. The fourth-order valence-electron chi connectivity index (χ4n) is 4.10. The molecule has 2 amide bonds. The maximum Gasteiger partial charge on any atom is 0.282 e. The van der Waals surface area contributed by atoms with E-state index < -0.39 is 0 Å². The highest BCUT2D eigenvalue weighted by Crippen LogP contribution is 2.37. The third-order valence-electron chi connectivity index (χ3n) is 6.26. The maximum atomic E-state index is 13.8. The van der Waals surface area contributed by atoms with Crippen LogP contribution >= 0.6 is 0 Å². The van der Waals surface area contributed by atoms with E-state index in [0.29, 0.717) is 23.5 Å². The Morgan fingerprint density at radius 2 is 1.34 bits per heavy atom. The van der Waals surface area contributed by atoms with Crippen molar-refractivity contribution in [1.82, 2.24) is 0 Å². The van der Waals surface area contributed by atoms with E-state index in [9.17, 15) is 9.59 Å². The van der Waals surface area contributed by atoms with Crippen molar-refractivity contribution in [3.8, 4) is 0 Å². The van der Waals surface area contributed by atoms with Gasteiger partial charge in [-0.15, -0.1) is 0 Å². The number of aryl methyl sites for hydroxylation is 4. The minimum atomic E-state index is -0.294. The Morgan fingerprint density at radius 3 is 1.94 bits per heavy atom. The van der Waals surface area contributed by atoms with E-state index in [1.807, 2.05) is 106 Å². The van der Waals surface area contributed by atoms with Crippen LogP contribution in [0.3, 0.4) is 0 Å². The van der Waals surface area contributed by atoms with Crippen molar-refractivity contribution >= 4 is 28.8 Å². The number of anilines is 2. The minimum Gasteiger partial charge on any atom is -0.337 e. The summed E-state index contributed by atoms with van der Waals surface area (Å²) in [6.07, 6.45) is 0. The second kappa shape index (κ2) is 8.46. The zero-order valence-electron chi connectivity index (χ0n) is 19.3. The number of nitrogens with zero attached hydrogens (tertiary/aromatic N) is 2. The fraction of sp³-hybridized carbons (Fsp3) is 0.214. The van der Waals surface area contributed by atoms with Gasteiger partial charge in [-0.05, 0) is 86.7 Å². The van der Waals surface area contributed by atoms with E-state index in [0.717, 1.165) is 33.5 Å². The molecule has 0 spiro atoms. The van der Waals surface area contributed by atoms with Crippen LogP contribution in [0.1, 0.15) is 34.7 Å². The summed E-state index contributed by atoms with van der Waals surface area (Å²) in [6.45, 7) is 10.6. The van der Waals surface area contributed by atoms with E-state index in [4.69, 9.17) is 0 Å². The van der Waals surface area contributed by atoms with Crippen LogP contribution in [-0.4, -0.2) is 18.4 Å². The normalized spacial score (nSPS) is 13.8. The summed E-state index contributed by atoms with van der Waals surface area (Å²) in [6, 6.07) is 21.4. The number of carbonyl (C=O) groups excluding carboxylic acids is 2. The first-order valence-electron chi connectivity index (χ1n) is 10.9. The van der Waals surface area contributed by atoms with Crippen LogP contribution in [0.15, 0.2) is 72.4 Å². The quantitative estimate of drug-likeness (QED) is 0.491. The maximum absolute atomic E-state index is 13.8. The third-order valence-corrected chi connectivity index (χ3v) is 6.26. The molecule has 0 bridgehead atoms. The van der Waals surface area contributed by atoms with E-state index in [1.54, 1.807) is 0 Å². The highest BCUT2D eigenvalue weighted by atomic mass is 16.2. The van der Waals surface area contributed by atoms with Gasteiger partial charge in [0.15, 0.2) is 0 Å². The fourth-order valence-corrected chi connectivity index (χ4v) is 4.10. The molecule has 4 nitrogen and oxygen atoms in total. The molecule has 0 N–H and O–H groups in total. The topological polar surface area (TPSA) is 40.6 Å². The van der Waals surface area contributed by atoms with Crippen molar-refractivity contribution in [2.45, 2.75) is 34.6 Å². The Labute approximate surface area is 189 Å². The summed E-state index contributed by atoms with van der Waals surface area (Å²) in [5.74, 6) is -0.580. The molecule has 0 unspecified atom stereocenters. The molecule has 3 aromatic rings. The molecule has 4 rings (SSSR count). The summed E-state index contributed by atoms with van der Waals surface area (Å²) in [4.78, 5) is 30.9. The molecule has 0 saturated heterocycles. The van der Waals surface area contributed by atoms with Gasteiger partial charge in [-0.25, -0.2) is 4.90 Å². The molecule has 0 radical (unpaired) electrons. The number of para-hydroxylation sites is 1. The number of benzene rings is 3. The average molecular weight is 425 g/mol. The minimum absolute atomic E-state index is 0.286. The van der Waals surface area contributed by atoms with Gasteiger partial charge in [0, 0.05) is 12.2 Å². The molecule has 1 aliphatic heterocycles. The molecule has 1 aliphatic rings. The number of carbonyl (C=O) groups is 2. The van der Waals surface area contributed by atoms with Crippen molar-refractivity contribution in [3.05, 3.63) is 100 Å². The van der Waals surface area contributed by atoms with Crippen molar-refractivity contribution in [1.29, 1.82) is 0 Å². The monoisotopic (exact) mass is 424 g/mol. The number of imide groups is 1. The van der Waals surface area contributed by atoms with E-state index in [1.165, 1.54) is 4.90 Å². The van der Waals surface area contributed by atoms with Crippen LogP contribution in [0, 0.1) is 27.7 Å². The Morgan fingerprint density at radius 1 is 0.719 bits per heavy atom. The summed E-state index contributed by atoms with van der Waals surface area (Å²) in [7, 11) is 0. The van der Waals surface area contributed by atoms with Crippen LogP contribution in [-0.2, 0) is 9.59 Å². The molecular formula is C28H28N2O2. The van der Waals surface area contributed by atoms with Crippen LogP contribution in [0.5, 0.6) is 0 Å². The predicted molar refractivity (Wildman–Crippen MR) is 131 cm³/mol. The third kappa shape index (κ3) is 3.62. The van der Waals surface area contributed by atoms with Crippen molar-refractivity contribution < 1.29 is 9.59 Å². The second-order valence-electron chi connectivity index (χ2n) is 8.32. The van der Waals surface area contributed by atoms with Gasteiger partial charge in [-0.1, -0.05) is 42.5 Å². The highest BCUT2D eigenvalue weighted by Gasteiger charge is 2.42. The smallest absolute Gasteiger partial charge is 0.282 e. The summed E-state index contributed by atoms with van der Waals surface area (Å²) in [5, 5.41) is 0. The molecule has 0 aromatic heterocycles. The van der Waals surface area contributed by atoms with Gasteiger partial charge in [0.1, 0.15) is 5.70 Å². The lowest BCUT2D eigenvalue weighted by Gasteiger charge is -2.25. The van der Waals surface area contributed by atoms with Gasteiger partial charge < -0.3 is 4.90 Å². The first-order valence-corrected chi connectivity index (χ1v) is 10.9. The lowest BCUT2D eigenvalue weighted by molar-refractivity contribution is -0.120. The number of rotatable bonds is 5. The van der Waals surface area contributed by atoms with Gasteiger partial charge in [-0.3, -0.25) is 9.59 Å². The Hall–Kier alpha value is -3.66. The number of amides is 2. The largest absolute Gasteiger partial charge is 0.337 e. The number of hydrogen-bond acceptors (Lipinski definition) is 3. The van der Waals surface area contributed by atoms with Crippen LogP contribution < -0.4 is 9.80 Å². The molecule has 32 heavy (non-hydrogen) atoms. The van der Waals surface area contributed by atoms with Gasteiger partial charge >= 0.3 is 0 Å². The van der Waals surface area contributed by atoms with Gasteiger partial charge in [0.05, 0.1) is 11.3 Å². The van der Waals surface area contributed by atoms with Gasteiger partial charge in [0.25, 0.3) is 11.8 Å². The van der Waals surface area contributed by atoms with E-state index >= 15 is 0 Å². The molecule has 0 fully saturated rings. The second-order valence-corrected chi connectivity index (χ2v) is 8.32. The molecule has 0 saturated carbocycles. The Bertz CT molecular complexity index is 1240. The molecule has 3 aromatic carbocycles. The first-order chi connectivity index (χ1) is 15.3. The molecule has 4 heteroatoms. The zero-order valence-corrected chi connectivity index (χ0v) is 19.3. The highest BCUT2D eigenvalue weighted by molar-refractivity contribution is 6.46. The first kappa shape index (κ1) is 21.6. The lowest BCUT2D eigenvalue weighted by atomic mass is 9.99. The zero-order chi connectivity index (χ0) is 23.0. The molecule has 0 aliphatic carbocycles. The van der Waals surface area contributed by atoms with E-state index in [2.05, 4.69) is 0 Å². The van der Waals surface area contributed by atoms with Crippen LogP contribution in [0.25, 0.3) is 5.57 Å². The van der Waals surface area contributed by atoms with Gasteiger partial charge in [-0.2, -0.15) is 0 Å². The Balaban J connectivity index is 1.93. The van der Waals surface area contributed by atoms with E-state index in [-0.39, 0.29) is 11.8 Å². The molecular weight excluding hydrogens is 396 g/mol. The molecule has 1 heterocycles. The van der Waals surface area contributed by atoms with Crippen LogP contribution in [0.2, 0.25) is 0 Å². The lowest BCUT2D eigenvalue weighted by Crippen LogP contribution is -2.35. The molecule has 162 valence electrons. The predicted octanol–water partition coefficient (Wildman–Crippen LogP) is 5.73. The standard InChI is InChI=1S/C28H28N2O2/c1-6-29(23-10-8-7-9-11-23)26-25(22-14-12-18(2)20(4)16-22)27(31)30(28(26)32)24-15-13-19(3)21(5)17-24/h7-17H,6H2,1-5H3. The summed E-state index contributed by atoms with van der Waals surface area (Å²) in [5.41, 5.74) is 7.51.